The fraction of sp³-hybridized carbons (Fsp3) is 0.188. The molecule has 0 radical (unpaired) electrons. The van der Waals surface area contributed by atoms with Gasteiger partial charge < -0.3 is 5.32 Å². The van der Waals surface area contributed by atoms with E-state index in [1.165, 1.54) is 5.56 Å². The van der Waals surface area contributed by atoms with Gasteiger partial charge >= 0.3 is 0 Å². The Kier molecular flexibility index (Phi) is 4.02. The number of rotatable bonds is 5. The average molecular weight is 279 g/mol. The molecule has 1 atom stereocenters. The maximum atomic E-state index is 4.10. The number of nitrogens with zero attached hydrogens (tertiary/aromatic N) is 4. The summed E-state index contributed by atoms with van der Waals surface area (Å²) in [6, 6.07) is 20.5. The second-order valence-corrected chi connectivity index (χ2v) is 4.86. The van der Waals surface area contributed by atoms with Gasteiger partial charge in [0.2, 0.25) is 0 Å². The molecule has 0 saturated carbocycles. The molecule has 2 aromatic carbocycles. The van der Waals surface area contributed by atoms with Crippen LogP contribution in [0, 0.1) is 0 Å². The molecule has 0 spiro atoms. The van der Waals surface area contributed by atoms with Gasteiger partial charge in [-0.05, 0) is 35.0 Å². The Balaban J connectivity index is 1.71. The van der Waals surface area contributed by atoms with E-state index in [2.05, 4.69) is 39.9 Å². The summed E-state index contributed by atoms with van der Waals surface area (Å²) < 4.78 is 1.75. The van der Waals surface area contributed by atoms with Crippen molar-refractivity contribution in [3.05, 3.63) is 72.1 Å². The zero-order chi connectivity index (χ0) is 14.5. The lowest BCUT2D eigenvalue weighted by Crippen LogP contribution is -2.20. The van der Waals surface area contributed by atoms with Crippen molar-refractivity contribution in [1.29, 1.82) is 0 Å². The topological polar surface area (TPSA) is 55.6 Å². The maximum Gasteiger partial charge on any atom is 0.170 e. The zero-order valence-electron chi connectivity index (χ0n) is 11.8. The lowest BCUT2D eigenvalue weighted by Gasteiger charge is -2.13. The van der Waals surface area contributed by atoms with E-state index in [9.17, 15) is 0 Å². The average Bonchev–Trinajstić information content (AvgIpc) is 3.03. The highest BCUT2D eigenvalue weighted by atomic mass is 15.5. The number of benzene rings is 2. The van der Waals surface area contributed by atoms with Gasteiger partial charge in [-0.2, -0.15) is 4.68 Å². The van der Waals surface area contributed by atoms with Crippen molar-refractivity contribution in [3.63, 3.8) is 0 Å². The highest BCUT2D eigenvalue weighted by molar-refractivity contribution is 5.30. The Bertz CT molecular complexity index is 678. The van der Waals surface area contributed by atoms with Gasteiger partial charge in [-0.3, -0.25) is 0 Å². The molecule has 0 aliphatic rings. The van der Waals surface area contributed by atoms with Crippen LogP contribution in [0.5, 0.6) is 0 Å². The van der Waals surface area contributed by atoms with Gasteiger partial charge in [0.25, 0.3) is 0 Å². The normalized spacial score (nSPS) is 12.2. The highest BCUT2D eigenvalue weighted by Crippen LogP contribution is 2.12. The second kappa shape index (κ2) is 6.28. The Morgan fingerprint density at radius 1 is 1.00 bits per heavy atom. The molecule has 0 bridgehead atoms. The quantitative estimate of drug-likeness (QED) is 0.779. The summed E-state index contributed by atoms with van der Waals surface area (Å²) in [5.74, 6) is 0.795. The Labute approximate surface area is 123 Å². The minimum Gasteiger partial charge on any atom is -0.303 e. The van der Waals surface area contributed by atoms with Crippen LogP contribution in [0.15, 0.2) is 60.7 Å². The van der Waals surface area contributed by atoms with Crippen LogP contribution in [0.4, 0.5) is 0 Å². The van der Waals surface area contributed by atoms with E-state index >= 15 is 0 Å². The van der Waals surface area contributed by atoms with E-state index < -0.39 is 0 Å². The van der Waals surface area contributed by atoms with E-state index in [1.54, 1.807) is 4.68 Å². The van der Waals surface area contributed by atoms with E-state index in [1.807, 2.05) is 48.5 Å². The first-order valence-electron chi connectivity index (χ1n) is 6.95. The third-order valence-electron chi connectivity index (χ3n) is 3.40. The molecule has 1 aromatic heterocycles. The zero-order valence-corrected chi connectivity index (χ0v) is 11.8. The molecule has 0 amide bonds. The van der Waals surface area contributed by atoms with Gasteiger partial charge in [0.15, 0.2) is 5.82 Å². The van der Waals surface area contributed by atoms with Gasteiger partial charge in [0.1, 0.15) is 0 Å². The molecule has 3 rings (SSSR count). The lowest BCUT2D eigenvalue weighted by atomic mass is 10.1. The summed E-state index contributed by atoms with van der Waals surface area (Å²) in [5.41, 5.74) is 2.21. The number of para-hydroxylation sites is 1. The predicted octanol–water partition coefficient (Wildman–Crippen LogP) is 2.51. The Morgan fingerprint density at radius 2 is 1.67 bits per heavy atom. The summed E-state index contributed by atoms with van der Waals surface area (Å²) in [6.45, 7) is 2.74. The van der Waals surface area contributed by atoms with Gasteiger partial charge in [-0.15, -0.1) is 5.10 Å². The second-order valence-electron chi connectivity index (χ2n) is 4.86. The van der Waals surface area contributed by atoms with Crippen LogP contribution < -0.4 is 5.32 Å². The monoisotopic (exact) mass is 279 g/mol. The molecule has 1 N–H and O–H groups in total. The molecule has 0 aliphatic carbocycles. The predicted molar refractivity (Wildman–Crippen MR) is 80.9 cm³/mol. The first-order valence-corrected chi connectivity index (χ1v) is 6.95. The first-order chi connectivity index (χ1) is 10.3. The maximum absolute atomic E-state index is 4.10. The summed E-state index contributed by atoms with van der Waals surface area (Å²) >= 11 is 0. The number of tetrazole rings is 1. The van der Waals surface area contributed by atoms with Crippen molar-refractivity contribution >= 4 is 0 Å². The lowest BCUT2D eigenvalue weighted by molar-refractivity contribution is 0.551. The van der Waals surface area contributed by atoms with E-state index in [-0.39, 0.29) is 6.04 Å². The largest absolute Gasteiger partial charge is 0.303 e. The van der Waals surface area contributed by atoms with E-state index in [0.717, 1.165) is 11.5 Å². The van der Waals surface area contributed by atoms with Crippen LogP contribution in [0.3, 0.4) is 0 Å². The number of hydrogen-bond acceptors (Lipinski definition) is 4. The Hall–Kier alpha value is -2.53. The summed E-state index contributed by atoms with van der Waals surface area (Å²) in [5, 5.41) is 15.4. The molecule has 3 aromatic rings. The molecule has 0 unspecified atom stereocenters. The fourth-order valence-corrected chi connectivity index (χ4v) is 2.19. The third kappa shape index (κ3) is 3.14. The van der Waals surface area contributed by atoms with Crippen molar-refractivity contribution in [3.8, 4) is 5.69 Å². The number of hydrogen-bond donors (Lipinski definition) is 1. The summed E-state index contributed by atoms with van der Waals surface area (Å²) in [4.78, 5) is 0. The highest BCUT2D eigenvalue weighted by Gasteiger charge is 2.10. The third-order valence-corrected chi connectivity index (χ3v) is 3.40. The van der Waals surface area contributed by atoms with Crippen LogP contribution in [-0.2, 0) is 6.54 Å². The smallest absolute Gasteiger partial charge is 0.170 e. The molecule has 0 fully saturated rings. The number of nitrogens with one attached hydrogen (secondary N) is 1. The molecule has 0 saturated heterocycles. The molecule has 21 heavy (non-hydrogen) atoms. The van der Waals surface area contributed by atoms with Crippen molar-refractivity contribution < 1.29 is 0 Å². The van der Waals surface area contributed by atoms with Gasteiger partial charge in [-0.25, -0.2) is 0 Å². The summed E-state index contributed by atoms with van der Waals surface area (Å²) in [7, 11) is 0. The van der Waals surface area contributed by atoms with E-state index in [4.69, 9.17) is 0 Å². The van der Waals surface area contributed by atoms with Crippen LogP contribution in [0.2, 0.25) is 0 Å². The molecule has 106 valence electrons. The molecule has 5 heteroatoms. The molecular formula is C16H17N5. The first kappa shape index (κ1) is 13.5. The standard InChI is InChI=1S/C16H17N5/c1-13(14-8-4-2-5-9-14)17-12-16-18-19-20-21(16)15-10-6-3-7-11-15/h2-11,13,17H,12H2,1H3/t13-/m0/s1. The number of aromatic nitrogens is 4. The van der Waals surface area contributed by atoms with Crippen molar-refractivity contribution in [1.82, 2.24) is 25.5 Å². The Morgan fingerprint density at radius 3 is 2.38 bits per heavy atom. The van der Waals surface area contributed by atoms with Gasteiger partial charge in [-0.1, -0.05) is 48.5 Å². The summed E-state index contributed by atoms with van der Waals surface area (Å²) in [6.07, 6.45) is 0. The van der Waals surface area contributed by atoms with Gasteiger partial charge in [0.05, 0.1) is 12.2 Å². The van der Waals surface area contributed by atoms with Gasteiger partial charge in [0, 0.05) is 6.04 Å². The van der Waals surface area contributed by atoms with Crippen molar-refractivity contribution in [2.75, 3.05) is 0 Å². The van der Waals surface area contributed by atoms with Crippen molar-refractivity contribution in [2.24, 2.45) is 0 Å². The minimum absolute atomic E-state index is 0.243. The van der Waals surface area contributed by atoms with Crippen LogP contribution in [0.1, 0.15) is 24.4 Å². The molecule has 1 heterocycles. The SMILES string of the molecule is C[C@H](NCc1nnnn1-c1ccccc1)c1ccccc1. The van der Waals surface area contributed by atoms with Crippen LogP contribution in [0.25, 0.3) is 5.69 Å². The molecule has 5 nitrogen and oxygen atoms in total. The molecule has 0 aliphatic heterocycles. The minimum atomic E-state index is 0.243. The fourth-order valence-electron chi connectivity index (χ4n) is 2.19. The van der Waals surface area contributed by atoms with Crippen molar-refractivity contribution in [2.45, 2.75) is 19.5 Å². The molecular weight excluding hydrogens is 262 g/mol. The van der Waals surface area contributed by atoms with Crippen LogP contribution >= 0.6 is 0 Å². The van der Waals surface area contributed by atoms with E-state index in [0.29, 0.717) is 6.54 Å². The van der Waals surface area contributed by atoms with Crippen LogP contribution in [-0.4, -0.2) is 20.2 Å².